The predicted molar refractivity (Wildman–Crippen MR) is 80.5 cm³/mol. The standard InChI is InChI=1S/C17H18N2O2/c18-17(20)13-9-10-16(19-11-13)21-15-8-4-6-12-5-2-1-3-7-14(12)15/h4,6,8-11H,1-3,5,7H2,(H2,18,20). The first-order valence-electron chi connectivity index (χ1n) is 7.28. The normalized spacial score (nSPS) is 14.1. The molecule has 1 aliphatic rings. The molecule has 1 aromatic carbocycles. The van der Waals surface area contributed by atoms with E-state index in [1.807, 2.05) is 12.1 Å². The Morgan fingerprint density at radius 2 is 1.95 bits per heavy atom. The van der Waals surface area contributed by atoms with Crippen LogP contribution >= 0.6 is 0 Å². The molecule has 0 aliphatic heterocycles. The fourth-order valence-corrected chi connectivity index (χ4v) is 2.72. The van der Waals surface area contributed by atoms with Crippen molar-refractivity contribution >= 4 is 5.91 Å². The van der Waals surface area contributed by atoms with E-state index < -0.39 is 5.91 Å². The molecular formula is C17H18N2O2. The van der Waals surface area contributed by atoms with Crippen LogP contribution in [0.2, 0.25) is 0 Å². The maximum Gasteiger partial charge on any atom is 0.250 e. The van der Waals surface area contributed by atoms with Gasteiger partial charge in [0, 0.05) is 12.3 Å². The highest BCUT2D eigenvalue weighted by Gasteiger charge is 2.13. The maximum atomic E-state index is 11.0. The number of aromatic nitrogens is 1. The second-order valence-corrected chi connectivity index (χ2v) is 5.31. The molecule has 0 radical (unpaired) electrons. The van der Waals surface area contributed by atoms with Gasteiger partial charge in [-0.2, -0.15) is 0 Å². The quantitative estimate of drug-likeness (QED) is 0.879. The Hall–Kier alpha value is -2.36. The SMILES string of the molecule is NC(=O)c1ccc(Oc2cccc3c2CCCCC3)nc1. The number of carbonyl (C=O) groups excluding carboxylic acids is 1. The number of rotatable bonds is 3. The van der Waals surface area contributed by atoms with E-state index in [0.717, 1.165) is 18.6 Å². The van der Waals surface area contributed by atoms with Crippen molar-refractivity contribution in [3.05, 3.63) is 53.2 Å². The second kappa shape index (κ2) is 5.95. The molecule has 3 rings (SSSR count). The lowest BCUT2D eigenvalue weighted by Crippen LogP contribution is -2.11. The molecule has 0 saturated heterocycles. The van der Waals surface area contributed by atoms with Gasteiger partial charge in [0.15, 0.2) is 0 Å². The highest BCUT2D eigenvalue weighted by molar-refractivity contribution is 5.92. The first-order valence-corrected chi connectivity index (χ1v) is 7.28. The first-order chi connectivity index (χ1) is 10.2. The molecule has 4 nitrogen and oxygen atoms in total. The lowest BCUT2D eigenvalue weighted by atomic mass is 10.0. The molecule has 108 valence electrons. The summed E-state index contributed by atoms with van der Waals surface area (Å²) in [7, 11) is 0. The van der Waals surface area contributed by atoms with Gasteiger partial charge in [-0.15, -0.1) is 0 Å². The Labute approximate surface area is 124 Å². The number of nitrogens with zero attached hydrogens (tertiary/aromatic N) is 1. The van der Waals surface area contributed by atoms with E-state index in [1.54, 1.807) is 12.1 Å². The van der Waals surface area contributed by atoms with Crippen LogP contribution in [0.5, 0.6) is 11.6 Å². The zero-order valence-electron chi connectivity index (χ0n) is 11.8. The van der Waals surface area contributed by atoms with Crippen LogP contribution in [0.4, 0.5) is 0 Å². The molecule has 0 unspecified atom stereocenters. The summed E-state index contributed by atoms with van der Waals surface area (Å²) < 4.78 is 5.90. The summed E-state index contributed by atoms with van der Waals surface area (Å²) in [5, 5.41) is 0. The molecule has 0 bridgehead atoms. The Kier molecular flexibility index (Phi) is 3.86. The molecule has 0 saturated carbocycles. The van der Waals surface area contributed by atoms with Crippen LogP contribution in [0.25, 0.3) is 0 Å². The lowest BCUT2D eigenvalue weighted by Gasteiger charge is -2.12. The van der Waals surface area contributed by atoms with Crippen LogP contribution in [0.15, 0.2) is 36.5 Å². The van der Waals surface area contributed by atoms with E-state index in [0.29, 0.717) is 11.4 Å². The number of ether oxygens (including phenoxy) is 1. The smallest absolute Gasteiger partial charge is 0.250 e. The van der Waals surface area contributed by atoms with E-state index in [2.05, 4.69) is 11.1 Å². The Morgan fingerprint density at radius 1 is 1.10 bits per heavy atom. The van der Waals surface area contributed by atoms with Crippen molar-refractivity contribution < 1.29 is 9.53 Å². The van der Waals surface area contributed by atoms with Crippen molar-refractivity contribution in [3.63, 3.8) is 0 Å². The van der Waals surface area contributed by atoms with Gasteiger partial charge >= 0.3 is 0 Å². The molecule has 21 heavy (non-hydrogen) atoms. The molecule has 1 aromatic heterocycles. The number of carbonyl (C=O) groups is 1. The number of nitrogens with two attached hydrogens (primary N) is 1. The van der Waals surface area contributed by atoms with Gasteiger partial charge in [0.05, 0.1) is 5.56 Å². The van der Waals surface area contributed by atoms with Gasteiger partial charge in [-0.3, -0.25) is 4.79 Å². The van der Waals surface area contributed by atoms with Crippen molar-refractivity contribution in [1.29, 1.82) is 0 Å². The van der Waals surface area contributed by atoms with Crippen molar-refractivity contribution in [2.75, 3.05) is 0 Å². The molecule has 0 atom stereocenters. The summed E-state index contributed by atoms with van der Waals surface area (Å²) >= 11 is 0. The first kappa shape index (κ1) is 13.6. The van der Waals surface area contributed by atoms with Gasteiger partial charge in [-0.1, -0.05) is 18.6 Å². The third-order valence-electron chi connectivity index (χ3n) is 3.84. The van der Waals surface area contributed by atoms with Crippen molar-refractivity contribution in [1.82, 2.24) is 4.98 Å². The van der Waals surface area contributed by atoms with Crippen LogP contribution in [-0.2, 0) is 12.8 Å². The highest BCUT2D eigenvalue weighted by atomic mass is 16.5. The number of amides is 1. The Bertz CT molecular complexity index is 650. The van der Waals surface area contributed by atoms with Crippen LogP contribution in [0.3, 0.4) is 0 Å². The van der Waals surface area contributed by atoms with Crippen LogP contribution in [0, 0.1) is 0 Å². The average Bonchev–Trinajstić information content (AvgIpc) is 2.74. The van der Waals surface area contributed by atoms with E-state index in [9.17, 15) is 4.79 Å². The zero-order valence-corrected chi connectivity index (χ0v) is 11.8. The Morgan fingerprint density at radius 3 is 2.71 bits per heavy atom. The summed E-state index contributed by atoms with van der Waals surface area (Å²) in [6.07, 6.45) is 7.30. The minimum Gasteiger partial charge on any atom is -0.439 e. The lowest BCUT2D eigenvalue weighted by molar-refractivity contribution is 0.1000. The fourth-order valence-electron chi connectivity index (χ4n) is 2.72. The average molecular weight is 282 g/mol. The summed E-state index contributed by atoms with van der Waals surface area (Å²) in [5.41, 5.74) is 8.25. The Balaban J connectivity index is 1.86. The second-order valence-electron chi connectivity index (χ2n) is 5.31. The van der Waals surface area contributed by atoms with Crippen molar-refractivity contribution in [2.45, 2.75) is 32.1 Å². The van der Waals surface area contributed by atoms with Crippen molar-refractivity contribution in [3.8, 4) is 11.6 Å². The number of hydrogen-bond acceptors (Lipinski definition) is 3. The summed E-state index contributed by atoms with van der Waals surface area (Å²) in [5.74, 6) is 0.869. The van der Waals surface area contributed by atoms with E-state index in [4.69, 9.17) is 10.5 Å². The fraction of sp³-hybridized carbons (Fsp3) is 0.294. The number of pyridine rings is 1. The molecule has 0 fully saturated rings. The van der Waals surface area contributed by atoms with Crippen LogP contribution < -0.4 is 10.5 Å². The molecule has 1 heterocycles. The summed E-state index contributed by atoms with van der Waals surface area (Å²) in [4.78, 5) is 15.2. The van der Waals surface area contributed by atoms with E-state index in [-0.39, 0.29) is 0 Å². The highest BCUT2D eigenvalue weighted by Crippen LogP contribution is 2.31. The monoisotopic (exact) mass is 282 g/mol. The third kappa shape index (κ3) is 3.05. The van der Waals surface area contributed by atoms with Gasteiger partial charge in [-0.25, -0.2) is 4.98 Å². The largest absolute Gasteiger partial charge is 0.439 e. The van der Waals surface area contributed by atoms with Gasteiger partial charge in [0.1, 0.15) is 5.75 Å². The van der Waals surface area contributed by atoms with Crippen molar-refractivity contribution in [2.24, 2.45) is 5.73 Å². The van der Waals surface area contributed by atoms with Gasteiger partial charge in [-0.05, 0) is 48.9 Å². The molecule has 1 aliphatic carbocycles. The zero-order chi connectivity index (χ0) is 14.7. The summed E-state index contributed by atoms with van der Waals surface area (Å²) in [6, 6.07) is 9.49. The number of benzene rings is 1. The molecule has 2 aromatic rings. The number of hydrogen-bond donors (Lipinski definition) is 1. The number of aryl methyl sites for hydroxylation is 1. The minimum absolute atomic E-state index is 0.384. The molecule has 2 N–H and O–H groups in total. The third-order valence-corrected chi connectivity index (χ3v) is 3.84. The number of primary amides is 1. The van der Waals surface area contributed by atoms with E-state index in [1.165, 1.54) is 36.6 Å². The molecular weight excluding hydrogens is 264 g/mol. The topological polar surface area (TPSA) is 65.2 Å². The van der Waals surface area contributed by atoms with Gasteiger partial charge in [0.25, 0.3) is 0 Å². The van der Waals surface area contributed by atoms with Gasteiger partial charge < -0.3 is 10.5 Å². The molecule has 4 heteroatoms. The maximum absolute atomic E-state index is 11.0. The molecule has 1 amide bonds. The molecule has 0 spiro atoms. The van der Waals surface area contributed by atoms with Crippen LogP contribution in [0.1, 0.15) is 40.7 Å². The van der Waals surface area contributed by atoms with Gasteiger partial charge in [0.2, 0.25) is 11.8 Å². The number of fused-ring (bicyclic) bond motifs is 1. The minimum atomic E-state index is -0.484. The van der Waals surface area contributed by atoms with E-state index >= 15 is 0 Å². The summed E-state index contributed by atoms with van der Waals surface area (Å²) in [6.45, 7) is 0. The predicted octanol–water partition coefficient (Wildman–Crippen LogP) is 3.24. The van der Waals surface area contributed by atoms with Crippen LogP contribution in [-0.4, -0.2) is 10.9 Å².